The number of nitrogens with zero attached hydrogens (tertiary/aromatic N) is 2. The van der Waals surface area contributed by atoms with Crippen LogP contribution in [0.25, 0.3) is 0 Å². The van der Waals surface area contributed by atoms with Gasteiger partial charge in [0.15, 0.2) is 27.1 Å². The lowest BCUT2D eigenvalue weighted by Crippen LogP contribution is -2.52. The monoisotopic (exact) mass is 436 g/mol. The van der Waals surface area contributed by atoms with Crippen LogP contribution in [0.5, 0.6) is 11.5 Å². The maximum absolute atomic E-state index is 12.6. The fraction of sp³-hybridized carbons (Fsp3) is 0.619. The molecular weight excluding hydrogens is 408 g/mol. The van der Waals surface area contributed by atoms with Gasteiger partial charge in [-0.3, -0.25) is 14.5 Å². The Labute approximate surface area is 177 Å². The predicted molar refractivity (Wildman–Crippen MR) is 111 cm³/mol. The zero-order chi connectivity index (χ0) is 21.1. The summed E-state index contributed by atoms with van der Waals surface area (Å²) in [5.41, 5.74) is 0.527. The number of hydrogen-bond acceptors (Lipinski definition) is 7. The third kappa shape index (κ3) is 4.95. The van der Waals surface area contributed by atoms with Gasteiger partial charge in [0, 0.05) is 57.0 Å². The van der Waals surface area contributed by atoms with Crippen LogP contribution in [-0.2, 0) is 14.6 Å². The second-order valence-electron chi connectivity index (χ2n) is 8.11. The number of rotatable bonds is 5. The van der Waals surface area contributed by atoms with Crippen molar-refractivity contribution in [3.8, 4) is 11.5 Å². The summed E-state index contributed by atoms with van der Waals surface area (Å²) in [6, 6.07) is 5.24. The van der Waals surface area contributed by atoms with E-state index in [1.807, 2.05) is 0 Å². The molecular formula is C21H28N2O6S. The molecule has 9 heteroatoms. The molecule has 0 bridgehead atoms. The highest BCUT2D eigenvalue weighted by atomic mass is 32.2. The van der Waals surface area contributed by atoms with Crippen molar-refractivity contribution in [2.45, 2.75) is 31.7 Å². The number of carbonyl (C=O) groups excluding carboxylic acids is 2. The topological polar surface area (TPSA) is 93.2 Å². The van der Waals surface area contributed by atoms with Crippen molar-refractivity contribution >= 4 is 21.5 Å². The van der Waals surface area contributed by atoms with Gasteiger partial charge in [-0.15, -0.1) is 0 Å². The average molecular weight is 437 g/mol. The summed E-state index contributed by atoms with van der Waals surface area (Å²) in [5, 5.41) is 0. The third-order valence-electron chi connectivity index (χ3n) is 6.03. The van der Waals surface area contributed by atoms with E-state index in [0.29, 0.717) is 62.9 Å². The molecule has 0 saturated carbocycles. The van der Waals surface area contributed by atoms with E-state index in [-0.39, 0.29) is 42.1 Å². The molecule has 2 fully saturated rings. The second kappa shape index (κ2) is 8.93. The highest BCUT2D eigenvalue weighted by molar-refractivity contribution is 7.91. The van der Waals surface area contributed by atoms with Crippen LogP contribution in [0.3, 0.4) is 0 Å². The molecule has 2 saturated heterocycles. The molecule has 0 aromatic heterocycles. The molecule has 0 aliphatic carbocycles. The lowest BCUT2D eigenvalue weighted by atomic mass is 10.1. The minimum atomic E-state index is -2.90. The Morgan fingerprint density at radius 2 is 1.73 bits per heavy atom. The van der Waals surface area contributed by atoms with Gasteiger partial charge in [0.1, 0.15) is 0 Å². The molecule has 3 heterocycles. The zero-order valence-electron chi connectivity index (χ0n) is 17.0. The van der Waals surface area contributed by atoms with Crippen molar-refractivity contribution < 1.29 is 27.5 Å². The van der Waals surface area contributed by atoms with E-state index in [2.05, 4.69) is 4.90 Å². The van der Waals surface area contributed by atoms with E-state index in [9.17, 15) is 18.0 Å². The number of sulfone groups is 1. The van der Waals surface area contributed by atoms with Crippen LogP contribution >= 0.6 is 0 Å². The summed E-state index contributed by atoms with van der Waals surface area (Å²) in [6.07, 6.45) is 1.81. The van der Waals surface area contributed by atoms with Gasteiger partial charge >= 0.3 is 0 Å². The van der Waals surface area contributed by atoms with Gasteiger partial charge in [-0.05, 0) is 24.6 Å². The number of amides is 1. The van der Waals surface area contributed by atoms with Gasteiger partial charge in [-0.1, -0.05) is 0 Å². The van der Waals surface area contributed by atoms with E-state index in [0.717, 1.165) is 6.42 Å². The minimum Gasteiger partial charge on any atom is -0.490 e. The summed E-state index contributed by atoms with van der Waals surface area (Å²) in [4.78, 5) is 29.1. The molecule has 1 aromatic rings. The lowest BCUT2D eigenvalue weighted by Gasteiger charge is -2.37. The van der Waals surface area contributed by atoms with Gasteiger partial charge in [-0.25, -0.2) is 8.42 Å². The van der Waals surface area contributed by atoms with Gasteiger partial charge in [0.25, 0.3) is 0 Å². The second-order valence-corrected chi connectivity index (χ2v) is 10.3. The molecule has 8 nitrogen and oxygen atoms in total. The third-order valence-corrected chi connectivity index (χ3v) is 7.78. The molecule has 1 amide bonds. The molecule has 3 aliphatic heterocycles. The van der Waals surface area contributed by atoms with E-state index in [1.54, 1.807) is 23.1 Å². The predicted octanol–water partition coefficient (Wildman–Crippen LogP) is 1.14. The Morgan fingerprint density at radius 3 is 2.43 bits per heavy atom. The van der Waals surface area contributed by atoms with Crippen molar-refractivity contribution in [3.05, 3.63) is 23.8 Å². The van der Waals surface area contributed by atoms with Crippen LogP contribution < -0.4 is 9.47 Å². The molecule has 0 spiro atoms. The number of fused-ring (bicyclic) bond motifs is 1. The van der Waals surface area contributed by atoms with E-state index in [4.69, 9.17) is 9.47 Å². The molecule has 1 atom stereocenters. The van der Waals surface area contributed by atoms with Crippen LogP contribution in [0.15, 0.2) is 18.2 Å². The first-order valence-electron chi connectivity index (χ1n) is 10.6. The summed E-state index contributed by atoms with van der Waals surface area (Å²) < 4.78 is 34.6. The number of Topliss-reactive ketones (excluding diaryl/α,β-unsaturated/α-hetero) is 1. The van der Waals surface area contributed by atoms with Gasteiger partial charge in [0.05, 0.1) is 24.7 Å². The molecule has 0 unspecified atom stereocenters. The average Bonchev–Trinajstić information content (AvgIpc) is 2.96. The highest BCUT2D eigenvalue weighted by Gasteiger charge is 2.34. The SMILES string of the molecule is O=C(CCC(=O)N1CCN([C@H]2CCS(=O)(=O)C2)CC1)c1ccc2c(c1)OCCCO2. The van der Waals surface area contributed by atoms with Crippen LogP contribution in [-0.4, -0.2) is 86.8 Å². The first-order chi connectivity index (χ1) is 14.4. The Morgan fingerprint density at radius 1 is 1.00 bits per heavy atom. The molecule has 0 N–H and O–H groups in total. The normalized spacial score (nSPS) is 23.7. The minimum absolute atomic E-state index is 0.0311. The van der Waals surface area contributed by atoms with Crippen LogP contribution in [0, 0.1) is 0 Å². The van der Waals surface area contributed by atoms with Gasteiger partial charge in [0.2, 0.25) is 5.91 Å². The Hall–Kier alpha value is -2.13. The number of ether oxygens (including phenoxy) is 2. The summed E-state index contributed by atoms with van der Waals surface area (Å²) >= 11 is 0. The van der Waals surface area contributed by atoms with Crippen LogP contribution in [0.1, 0.15) is 36.0 Å². The van der Waals surface area contributed by atoms with Crippen LogP contribution in [0.4, 0.5) is 0 Å². The smallest absolute Gasteiger partial charge is 0.223 e. The summed E-state index contributed by atoms with van der Waals surface area (Å²) in [6.45, 7) is 3.67. The van der Waals surface area contributed by atoms with Crippen molar-refractivity contribution in [3.63, 3.8) is 0 Å². The van der Waals surface area contributed by atoms with Crippen molar-refractivity contribution in [2.24, 2.45) is 0 Å². The standard InChI is InChI=1S/C21H28N2O6S/c24-18(16-2-4-19-20(14-16)29-12-1-11-28-19)3-5-21(25)23-9-7-22(8-10-23)17-6-13-30(26,27)15-17/h2,4,14,17H,1,3,5-13,15H2/t17-/m0/s1. The molecule has 0 radical (unpaired) electrons. The quantitative estimate of drug-likeness (QED) is 0.639. The zero-order valence-corrected chi connectivity index (χ0v) is 17.9. The molecule has 1 aromatic carbocycles. The molecule has 3 aliphatic rings. The lowest BCUT2D eigenvalue weighted by molar-refractivity contribution is -0.133. The maximum Gasteiger partial charge on any atom is 0.223 e. The van der Waals surface area contributed by atoms with Crippen molar-refractivity contribution in [1.29, 1.82) is 0 Å². The number of piperazine rings is 1. The fourth-order valence-corrected chi connectivity index (χ4v) is 6.02. The highest BCUT2D eigenvalue weighted by Crippen LogP contribution is 2.31. The molecule has 164 valence electrons. The van der Waals surface area contributed by atoms with Gasteiger partial charge in [-0.2, -0.15) is 0 Å². The van der Waals surface area contributed by atoms with E-state index < -0.39 is 9.84 Å². The Balaban J connectivity index is 1.25. The Kier molecular flexibility index (Phi) is 6.29. The van der Waals surface area contributed by atoms with Crippen LogP contribution in [0.2, 0.25) is 0 Å². The van der Waals surface area contributed by atoms with E-state index >= 15 is 0 Å². The van der Waals surface area contributed by atoms with Gasteiger partial charge < -0.3 is 14.4 Å². The summed E-state index contributed by atoms with van der Waals surface area (Å²) in [7, 11) is -2.90. The fourth-order valence-electron chi connectivity index (χ4n) is 4.26. The number of benzene rings is 1. The van der Waals surface area contributed by atoms with Crippen molar-refractivity contribution in [2.75, 3.05) is 50.9 Å². The number of ketones is 1. The maximum atomic E-state index is 12.6. The number of hydrogen-bond donors (Lipinski definition) is 0. The summed E-state index contributed by atoms with van der Waals surface area (Å²) in [5.74, 6) is 1.59. The first-order valence-corrected chi connectivity index (χ1v) is 12.4. The van der Waals surface area contributed by atoms with Crippen molar-refractivity contribution in [1.82, 2.24) is 9.80 Å². The largest absolute Gasteiger partial charge is 0.490 e. The number of carbonyl (C=O) groups is 2. The van der Waals surface area contributed by atoms with E-state index in [1.165, 1.54) is 0 Å². The first kappa shape index (κ1) is 21.1. The molecule has 30 heavy (non-hydrogen) atoms. The Bertz CT molecular complexity index is 908. The molecule has 4 rings (SSSR count).